The van der Waals surface area contributed by atoms with Crippen molar-refractivity contribution >= 4 is 11.9 Å². The minimum atomic E-state index is -0.665. The molecule has 0 fully saturated rings. The van der Waals surface area contributed by atoms with Crippen LogP contribution >= 0.6 is 0 Å². The van der Waals surface area contributed by atoms with Crippen molar-refractivity contribution in [2.75, 3.05) is 0 Å². The summed E-state index contributed by atoms with van der Waals surface area (Å²) in [5.41, 5.74) is 0. The lowest BCUT2D eigenvalue weighted by Gasteiger charge is -2.35. The molecule has 0 spiro atoms. The minimum Gasteiger partial charge on any atom is -0.481 e. The molecule has 5 unspecified atom stereocenters. The Morgan fingerprint density at radius 1 is 0.253 bits per heavy atom. The van der Waals surface area contributed by atoms with Gasteiger partial charge in [-0.15, -0.1) is 0 Å². The smallest absolute Gasteiger partial charge is 0.306 e. The van der Waals surface area contributed by atoms with Crippen molar-refractivity contribution in [3.63, 3.8) is 0 Å². The SMILES string of the molecule is CCCCCCC(C)C(=O)O.CCCCCCCCCCCCCC(CC(CCCCCCCCCC)CCCCCCCCCCCC)C(CCCCCCCCCCCCC)C(CCCCCCCCCCCC)C(=O)O. The molecule has 0 rings (SSSR count). The minimum absolute atomic E-state index is 0.147. The van der Waals surface area contributed by atoms with Crippen LogP contribution in [0.3, 0.4) is 0 Å². The van der Waals surface area contributed by atoms with Gasteiger partial charge in [0.15, 0.2) is 0 Å². The molecular weight excluding hydrogens is 965 g/mol. The summed E-state index contributed by atoms with van der Waals surface area (Å²) in [5.74, 6) is 0.310. The first-order chi connectivity index (χ1) is 38.7. The molecule has 0 saturated carbocycles. The van der Waals surface area contributed by atoms with Gasteiger partial charge in [0.2, 0.25) is 0 Å². The van der Waals surface area contributed by atoms with Crippen LogP contribution in [-0.4, -0.2) is 22.2 Å². The normalized spacial score (nSPS) is 13.5. The number of aliphatic carboxylic acids is 2. The van der Waals surface area contributed by atoms with Crippen molar-refractivity contribution in [1.82, 2.24) is 0 Å². The topological polar surface area (TPSA) is 74.6 Å². The quantitative estimate of drug-likeness (QED) is 0.0595. The predicted octanol–water partition coefficient (Wildman–Crippen LogP) is 27.2. The van der Waals surface area contributed by atoms with E-state index in [2.05, 4.69) is 41.5 Å². The van der Waals surface area contributed by atoms with E-state index in [4.69, 9.17) is 5.11 Å². The lowest BCUT2D eigenvalue weighted by Crippen LogP contribution is -2.31. The zero-order valence-electron chi connectivity index (χ0n) is 55.7. The fourth-order valence-corrected chi connectivity index (χ4v) is 13.1. The molecule has 0 aliphatic carbocycles. The second-order valence-corrected chi connectivity index (χ2v) is 26.4. The Balaban J connectivity index is 0. The van der Waals surface area contributed by atoms with Gasteiger partial charge >= 0.3 is 11.9 Å². The molecule has 0 bridgehead atoms. The van der Waals surface area contributed by atoms with Gasteiger partial charge in [-0.25, -0.2) is 0 Å². The Kier molecular flexibility index (Phi) is 68.6. The Labute approximate surface area is 499 Å². The molecule has 4 heteroatoms. The number of hydrogen-bond donors (Lipinski definition) is 2. The summed E-state index contributed by atoms with van der Waals surface area (Å²) < 4.78 is 0. The maximum Gasteiger partial charge on any atom is 0.306 e. The number of hydrogen-bond acceptors (Lipinski definition) is 2. The fraction of sp³-hybridized carbons (Fsp3) is 0.973. The lowest BCUT2D eigenvalue weighted by atomic mass is 9.70. The Morgan fingerprint density at radius 3 is 0.734 bits per heavy atom. The summed E-state index contributed by atoms with van der Waals surface area (Å²) >= 11 is 0. The van der Waals surface area contributed by atoms with Gasteiger partial charge in [-0.3, -0.25) is 9.59 Å². The summed E-state index contributed by atoms with van der Waals surface area (Å²) in [6.07, 6.45) is 82.0. The van der Waals surface area contributed by atoms with Crippen molar-refractivity contribution < 1.29 is 19.8 Å². The van der Waals surface area contributed by atoms with E-state index in [1.165, 1.54) is 360 Å². The zero-order chi connectivity index (χ0) is 58.2. The molecule has 0 aliphatic rings. The first-order valence-electron chi connectivity index (χ1n) is 37.2. The van der Waals surface area contributed by atoms with Crippen LogP contribution in [0.2, 0.25) is 0 Å². The van der Waals surface area contributed by atoms with Crippen LogP contribution in [0.4, 0.5) is 0 Å². The summed E-state index contributed by atoms with van der Waals surface area (Å²) in [6.45, 7) is 15.5. The van der Waals surface area contributed by atoms with E-state index in [1.807, 2.05) is 0 Å². The highest BCUT2D eigenvalue weighted by Gasteiger charge is 2.34. The summed E-state index contributed by atoms with van der Waals surface area (Å²) in [4.78, 5) is 24.0. The molecule has 2 N–H and O–H groups in total. The van der Waals surface area contributed by atoms with Crippen LogP contribution in [0.1, 0.15) is 440 Å². The van der Waals surface area contributed by atoms with Crippen molar-refractivity contribution in [1.29, 1.82) is 0 Å². The summed E-state index contributed by atoms with van der Waals surface area (Å²) in [5, 5.41) is 19.7. The fourth-order valence-electron chi connectivity index (χ4n) is 13.1. The molecule has 0 saturated heterocycles. The van der Waals surface area contributed by atoms with Crippen molar-refractivity contribution in [3.8, 4) is 0 Å². The third-order valence-corrected chi connectivity index (χ3v) is 18.6. The molecule has 0 radical (unpaired) electrons. The van der Waals surface area contributed by atoms with Gasteiger partial charge < -0.3 is 10.2 Å². The second kappa shape index (κ2) is 67.7. The molecule has 0 aromatic carbocycles. The number of unbranched alkanes of at least 4 members (excludes halogenated alkanes) is 48. The average molecular weight is 1120 g/mol. The molecular formula is C75H150O4. The molecule has 0 aliphatic heterocycles. The van der Waals surface area contributed by atoms with E-state index < -0.39 is 11.9 Å². The number of carbonyl (C=O) groups is 2. The molecule has 0 aromatic heterocycles. The van der Waals surface area contributed by atoms with E-state index in [-0.39, 0.29) is 11.8 Å². The van der Waals surface area contributed by atoms with Gasteiger partial charge in [-0.2, -0.15) is 0 Å². The van der Waals surface area contributed by atoms with Gasteiger partial charge in [-0.1, -0.05) is 414 Å². The van der Waals surface area contributed by atoms with Crippen LogP contribution in [0.25, 0.3) is 0 Å². The van der Waals surface area contributed by atoms with Crippen molar-refractivity contribution in [3.05, 3.63) is 0 Å². The third kappa shape index (κ3) is 59.9. The maximum atomic E-state index is 13.6. The van der Waals surface area contributed by atoms with Crippen molar-refractivity contribution in [2.45, 2.75) is 440 Å². The number of carboxylic acid groups (broad SMARTS) is 2. The molecule has 0 heterocycles. The first kappa shape index (κ1) is 80.0. The molecule has 79 heavy (non-hydrogen) atoms. The Hall–Kier alpha value is -1.06. The van der Waals surface area contributed by atoms with Gasteiger partial charge in [0.05, 0.1) is 11.8 Å². The first-order valence-corrected chi connectivity index (χ1v) is 37.2. The van der Waals surface area contributed by atoms with Gasteiger partial charge in [0.1, 0.15) is 0 Å². The predicted molar refractivity (Wildman–Crippen MR) is 354 cm³/mol. The molecule has 474 valence electrons. The molecule has 0 amide bonds. The van der Waals surface area contributed by atoms with Gasteiger partial charge in [0, 0.05) is 0 Å². The van der Waals surface area contributed by atoms with Crippen molar-refractivity contribution in [2.24, 2.45) is 29.6 Å². The third-order valence-electron chi connectivity index (χ3n) is 18.6. The van der Waals surface area contributed by atoms with Gasteiger partial charge in [-0.05, 0) is 43.4 Å². The average Bonchev–Trinajstić information content (AvgIpc) is 3.45. The van der Waals surface area contributed by atoms with Crippen LogP contribution in [0.5, 0.6) is 0 Å². The van der Waals surface area contributed by atoms with Crippen LogP contribution < -0.4 is 0 Å². The van der Waals surface area contributed by atoms with E-state index in [0.29, 0.717) is 11.8 Å². The summed E-state index contributed by atoms with van der Waals surface area (Å²) in [7, 11) is 0. The largest absolute Gasteiger partial charge is 0.481 e. The number of rotatable bonds is 66. The highest BCUT2D eigenvalue weighted by Crippen LogP contribution is 2.40. The molecule has 5 atom stereocenters. The van der Waals surface area contributed by atoms with E-state index in [1.54, 1.807) is 6.92 Å². The number of carboxylic acids is 2. The summed E-state index contributed by atoms with van der Waals surface area (Å²) in [6, 6.07) is 0. The highest BCUT2D eigenvalue weighted by molar-refractivity contribution is 5.70. The lowest BCUT2D eigenvalue weighted by molar-refractivity contribution is -0.145. The van der Waals surface area contributed by atoms with Gasteiger partial charge in [0.25, 0.3) is 0 Å². The van der Waals surface area contributed by atoms with Crippen LogP contribution in [0.15, 0.2) is 0 Å². The Bertz CT molecular complexity index is 1150. The second-order valence-electron chi connectivity index (χ2n) is 26.4. The zero-order valence-corrected chi connectivity index (χ0v) is 55.7. The Morgan fingerprint density at radius 2 is 0.468 bits per heavy atom. The highest BCUT2D eigenvalue weighted by atomic mass is 16.4. The van der Waals surface area contributed by atoms with E-state index in [9.17, 15) is 14.7 Å². The monoisotopic (exact) mass is 1120 g/mol. The maximum absolute atomic E-state index is 13.6. The standard InChI is InChI=1S/C66H132O2.C9H18O2/c1-6-11-16-21-26-31-35-38-43-48-53-58-63(61-62(56-51-46-41-30-25-20-15-10-5)57-52-47-42-37-33-28-23-18-13-8-3)64(59-54-49-44-40-36-32-27-22-17-12-7-2)65(66(67)68)60-55-50-45-39-34-29-24-19-14-9-4;1-3-4-5-6-7-8(2)9(10)11/h62-65H,6-61H2,1-5H3,(H,67,68);8H,3-7H2,1-2H3,(H,10,11). The molecule has 4 nitrogen and oxygen atoms in total. The van der Waals surface area contributed by atoms with Crippen LogP contribution in [-0.2, 0) is 9.59 Å². The van der Waals surface area contributed by atoms with E-state index in [0.717, 1.165) is 38.0 Å². The van der Waals surface area contributed by atoms with E-state index >= 15 is 0 Å². The molecule has 0 aromatic rings. The van der Waals surface area contributed by atoms with Crippen LogP contribution in [0, 0.1) is 29.6 Å².